The molecule has 2 aromatic rings. The van der Waals surface area contributed by atoms with Gasteiger partial charge < -0.3 is 18.9 Å². The highest BCUT2D eigenvalue weighted by atomic mass is 16.5. The molecule has 1 saturated heterocycles. The van der Waals surface area contributed by atoms with E-state index in [1.165, 1.54) is 18.4 Å². The number of benzene rings is 1. The SMILES string of the molecule is COc1ccc(CC2CCN(C(=O)c3cc(C)n(C)c3C)CC2)cc1OC1CCCC1. The highest BCUT2D eigenvalue weighted by Gasteiger charge is 2.26. The van der Waals surface area contributed by atoms with Gasteiger partial charge >= 0.3 is 0 Å². The number of piperidine rings is 1. The van der Waals surface area contributed by atoms with Crippen LogP contribution in [0.25, 0.3) is 0 Å². The molecule has 0 spiro atoms. The Hall–Kier alpha value is -2.43. The van der Waals surface area contributed by atoms with Gasteiger partial charge in [-0.2, -0.15) is 0 Å². The van der Waals surface area contributed by atoms with Crippen molar-refractivity contribution in [1.29, 1.82) is 0 Å². The molecule has 5 heteroatoms. The van der Waals surface area contributed by atoms with Crippen molar-refractivity contribution in [2.45, 2.75) is 64.9 Å². The maximum atomic E-state index is 13.0. The summed E-state index contributed by atoms with van der Waals surface area (Å²) in [5.74, 6) is 2.48. The zero-order valence-electron chi connectivity index (χ0n) is 19.4. The minimum Gasteiger partial charge on any atom is -0.493 e. The van der Waals surface area contributed by atoms with Gasteiger partial charge in [-0.05, 0) is 88.5 Å². The van der Waals surface area contributed by atoms with E-state index in [9.17, 15) is 4.79 Å². The molecule has 1 amide bonds. The number of likely N-dealkylation sites (tertiary alicyclic amines) is 1. The number of rotatable bonds is 6. The average Bonchev–Trinajstić information content (AvgIpc) is 3.38. The van der Waals surface area contributed by atoms with Crippen LogP contribution in [0.1, 0.15) is 65.8 Å². The van der Waals surface area contributed by atoms with Crippen molar-refractivity contribution in [3.8, 4) is 11.5 Å². The predicted octanol–water partition coefficient (Wildman–Crippen LogP) is 5.07. The lowest BCUT2D eigenvalue weighted by Gasteiger charge is -2.32. The molecule has 168 valence electrons. The van der Waals surface area contributed by atoms with Crippen LogP contribution in [-0.2, 0) is 13.5 Å². The number of carbonyl (C=O) groups excluding carboxylic acids is 1. The second kappa shape index (κ2) is 9.37. The second-order valence-electron chi connectivity index (χ2n) is 9.29. The molecule has 1 aromatic carbocycles. The lowest BCUT2D eigenvalue weighted by molar-refractivity contribution is 0.0689. The third kappa shape index (κ3) is 4.76. The van der Waals surface area contributed by atoms with Crippen LogP contribution in [-0.4, -0.2) is 41.7 Å². The Kier molecular flexibility index (Phi) is 6.59. The quantitative estimate of drug-likeness (QED) is 0.650. The summed E-state index contributed by atoms with van der Waals surface area (Å²) >= 11 is 0. The van der Waals surface area contributed by atoms with Crippen molar-refractivity contribution >= 4 is 5.91 Å². The molecular weight excluding hydrogens is 388 g/mol. The lowest BCUT2D eigenvalue weighted by atomic mass is 9.90. The maximum Gasteiger partial charge on any atom is 0.255 e. The minimum absolute atomic E-state index is 0.177. The molecule has 0 bridgehead atoms. The largest absolute Gasteiger partial charge is 0.493 e. The van der Waals surface area contributed by atoms with Gasteiger partial charge in [-0.1, -0.05) is 6.07 Å². The molecule has 0 unspecified atom stereocenters. The molecule has 1 aliphatic heterocycles. The first kappa shape index (κ1) is 21.8. The van der Waals surface area contributed by atoms with Crippen molar-refractivity contribution in [3.63, 3.8) is 0 Å². The van der Waals surface area contributed by atoms with Gasteiger partial charge in [-0.3, -0.25) is 4.79 Å². The first-order chi connectivity index (χ1) is 15.0. The zero-order chi connectivity index (χ0) is 22.0. The highest BCUT2D eigenvalue weighted by molar-refractivity contribution is 5.95. The van der Waals surface area contributed by atoms with Crippen LogP contribution < -0.4 is 9.47 Å². The first-order valence-corrected chi connectivity index (χ1v) is 11.7. The summed E-state index contributed by atoms with van der Waals surface area (Å²) in [6.07, 6.45) is 8.22. The van der Waals surface area contributed by atoms with Gasteiger partial charge in [-0.25, -0.2) is 0 Å². The number of hydrogen-bond acceptors (Lipinski definition) is 3. The van der Waals surface area contributed by atoms with E-state index < -0.39 is 0 Å². The van der Waals surface area contributed by atoms with Crippen LogP contribution in [0, 0.1) is 19.8 Å². The van der Waals surface area contributed by atoms with Gasteiger partial charge in [0, 0.05) is 31.5 Å². The van der Waals surface area contributed by atoms with Crippen molar-refractivity contribution in [3.05, 3.63) is 46.8 Å². The van der Waals surface area contributed by atoms with Gasteiger partial charge in [0.2, 0.25) is 0 Å². The Balaban J connectivity index is 1.36. The number of ether oxygens (including phenoxy) is 2. The smallest absolute Gasteiger partial charge is 0.255 e. The topological polar surface area (TPSA) is 43.7 Å². The minimum atomic E-state index is 0.177. The Morgan fingerprint density at radius 1 is 1.03 bits per heavy atom. The summed E-state index contributed by atoms with van der Waals surface area (Å²) in [5, 5.41) is 0. The molecular formula is C26H36N2O3. The van der Waals surface area contributed by atoms with Crippen molar-refractivity contribution in [2.75, 3.05) is 20.2 Å². The summed E-state index contributed by atoms with van der Waals surface area (Å²) < 4.78 is 13.9. The van der Waals surface area contributed by atoms with Gasteiger partial charge in [0.05, 0.1) is 18.8 Å². The number of amides is 1. The molecule has 4 rings (SSSR count). The third-order valence-corrected chi connectivity index (χ3v) is 7.26. The van der Waals surface area contributed by atoms with Crippen LogP contribution in [0.15, 0.2) is 24.3 Å². The molecule has 2 fully saturated rings. The molecule has 2 aliphatic rings. The number of carbonyl (C=O) groups is 1. The third-order valence-electron chi connectivity index (χ3n) is 7.26. The lowest BCUT2D eigenvalue weighted by Crippen LogP contribution is -2.39. The Morgan fingerprint density at radius 3 is 2.35 bits per heavy atom. The van der Waals surface area contributed by atoms with Gasteiger partial charge in [0.1, 0.15) is 0 Å². The normalized spacial score (nSPS) is 17.9. The van der Waals surface area contributed by atoms with Crippen LogP contribution >= 0.6 is 0 Å². The first-order valence-electron chi connectivity index (χ1n) is 11.7. The number of hydrogen-bond donors (Lipinski definition) is 0. The summed E-state index contributed by atoms with van der Waals surface area (Å²) in [7, 11) is 3.73. The summed E-state index contributed by atoms with van der Waals surface area (Å²) in [6.45, 7) is 5.74. The van der Waals surface area contributed by atoms with E-state index in [0.29, 0.717) is 12.0 Å². The predicted molar refractivity (Wildman–Crippen MR) is 123 cm³/mol. The molecule has 0 radical (unpaired) electrons. The standard InChI is InChI=1S/C26H36N2O3/c1-18-15-23(19(2)27(18)3)26(29)28-13-11-20(12-14-28)16-21-9-10-24(30-4)25(17-21)31-22-7-5-6-8-22/h9-10,15,17,20,22H,5-8,11-14,16H2,1-4H3. The molecule has 0 atom stereocenters. The fraction of sp³-hybridized carbons (Fsp3) is 0.577. The van der Waals surface area contributed by atoms with Crippen molar-refractivity contribution in [2.24, 2.45) is 13.0 Å². The summed E-state index contributed by atoms with van der Waals surface area (Å²) in [6, 6.07) is 8.39. The summed E-state index contributed by atoms with van der Waals surface area (Å²) in [4.78, 5) is 15.0. The Labute approximate surface area is 186 Å². The van der Waals surface area contributed by atoms with Gasteiger partial charge in [0.15, 0.2) is 11.5 Å². The molecule has 0 N–H and O–H groups in total. The zero-order valence-corrected chi connectivity index (χ0v) is 19.4. The van der Waals surface area contributed by atoms with E-state index in [-0.39, 0.29) is 5.91 Å². The van der Waals surface area contributed by atoms with Crippen LogP contribution in [0.3, 0.4) is 0 Å². The molecule has 31 heavy (non-hydrogen) atoms. The number of aromatic nitrogens is 1. The molecule has 1 aliphatic carbocycles. The van der Waals surface area contributed by atoms with E-state index >= 15 is 0 Å². The Morgan fingerprint density at radius 2 is 1.74 bits per heavy atom. The van der Waals surface area contributed by atoms with E-state index in [0.717, 1.165) is 73.6 Å². The van der Waals surface area contributed by atoms with Crippen LogP contribution in [0.2, 0.25) is 0 Å². The van der Waals surface area contributed by atoms with E-state index in [1.807, 2.05) is 31.0 Å². The molecule has 2 heterocycles. The average molecular weight is 425 g/mol. The van der Waals surface area contributed by atoms with Crippen molar-refractivity contribution < 1.29 is 14.3 Å². The van der Waals surface area contributed by atoms with Gasteiger partial charge in [0.25, 0.3) is 5.91 Å². The van der Waals surface area contributed by atoms with Crippen molar-refractivity contribution in [1.82, 2.24) is 9.47 Å². The molecule has 1 saturated carbocycles. The van der Waals surface area contributed by atoms with Gasteiger partial charge in [-0.15, -0.1) is 0 Å². The number of methoxy groups -OCH3 is 1. The Bertz CT molecular complexity index is 919. The number of nitrogens with zero attached hydrogens (tertiary/aromatic N) is 2. The fourth-order valence-electron chi connectivity index (χ4n) is 5.04. The number of aryl methyl sites for hydroxylation is 1. The monoisotopic (exact) mass is 424 g/mol. The van der Waals surface area contributed by atoms with E-state index in [4.69, 9.17) is 9.47 Å². The van der Waals surface area contributed by atoms with Crippen LogP contribution in [0.4, 0.5) is 0 Å². The summed E-state index contributed by atoms with van der Waals surface area (Å²) in [5.41, 5.74) is 4.33. The van der Waals surface area contributed by atoms with Crippen LogP contribution in [0.5, 0.6) is 11.5 Å². The molecule has 1 aromatic heterocycles. The van der Waals surface area contributed by atoms with E-state index in [1.54, 1.807) is 7.11 Å². The molecule has 5 nitrogen and oxygen atoms in total. The van der Waals surface area contributed by atoms with E-state index in [2.05, 4.69) is 23.6 Å². The highest BCUT2D eigenvalue weighted by Crippen LogP contribution is 2.34. The maximum absolute atomic E-state index is 13.0. The second-order valence-corrected chi connectivity index (χ2v) is 9.29. The fourth-order valence-corrected chi connectivity index (χ4v) is 5.04.